The highest BCUT2D eigenvalue weighted by Crippen LogP contribution is 2.26. The summed E-state index contributed by atoms with van der Waals surface area (Å²) in [6, 6.07) is 12.0. The lowest BCUT2D eigenvalue weighted by Crippen LogP contribution is -2.54. The van der Waals surface area contributed by atoms with Crippen molar-refractivity contribution in [2.24, 2.45) is 0 Å². The van der Waals surface area contributed by atoms with Crippen molar-refractivity contribution in [3.05, 3.63) is 70.8 Å². The Morgan fingerprint density at radius 2 is 1.42 bits per heavy atom. The molecule has 1 atom stereocenters. The van der Waals surface area contributed by atoms with Gasteiger partial charge in [0, 0.05) is 16.7 Å². The Labute approximate surface area is 112 Å². The van der Waals surface area contributed by atoms with Gasteiger partial charge in [-0.3, -0.25) is 0 Å². The Hall–Kier alpha value is -1.74. The zero-order chi connectivity index (χ0) is 14.0. The average Bonchev–Trinajstić information content (AvgIpc) is 2.37. The summed E-state index contributed by atoms with van der Waals surface area (Å²) in [6.45, 7) is 3.56. The van der Waals surface area contributed by atoms with Gasteiger partial charge >= 0.3 is 0 Å². The minimum absolute atomic E-state index is 0.143. The highest BCUT2D eigenvalue weighted by Gasteiger charge is 2.19. The van der Waals surface area contributed by atoms with Crippen LogP contribution in [-0.2, 0) is 0 Å². The summed E-state index contributed by atoms with van der Waals surface area (Å²) in [5.74, 6) is -1.15. The molecule has 100 valence electrons. The molecule has 2 rings (SSSR count). The second kappa shape index (κ2) is 5.49. The van der Waals surface area contributed by atoms with Crippen LogP contribution in [0.4, 0.5) is 8.78 Å². The van der Waals surface area contributed by atoms with Crippen LogP contribution in [0.15, 0.2) is 42.5 Å². The van der Waals surface area contributed by atoms with Crippen LogP contribution in [0.1, 0.15) is 42.5 Å². The lowest BCUT2D eigenvalue weighted by molar-refractivity contribution is -0.411. The van der Waals surface area contributed by atoms with E-state index in [0.717, 1.165) is 5.56 Å². The molecule has 2 aromatic rings. The van der Waals surface area contributed by atoms with E-state index in [9.17, 15) is 8.78 Å². The Morgan fingerprint density at radius 3 is 1.89 bits per heavy atom. The molecule has 0 spiro atoms. The lowest BCUT2D eigenvalue weighted by atomic mass is 9.95. The summed E-state index contributed by atoms with van der Waals surface area (Å²) >= 11 is 0. The molecule has 3 N–H and O–H groups in total. The maximum absolute atomic E-state index is 14.0. The number of rotatable bonds is 3. The Kier molecular flexibility index (Phi) is 3.96. The first-order valence-corrected chi connectivity index (χ1v) is 6.37. The van der Waals surface area contributed by atoms with Crippen molar-refractivity contribution in [3.63, 3.8) is 0 Å². The van der Waals surface area contributed by atoms with Crippen molar-refractivity contribution in [2.45, 2.75) is 25.8 Å². The van der Waals surface area contributed by atoms with Gasteiger partial charge in [-0.2, -0.15) is 0 Å². The normalized spacial score (nSPS) is 12.7. The maximum atomic E-state index is 14.0. The molecule has 2 aromatic carbocycles. The Balaban J connectivity index is 2.42. The quantitative estimate of drug-likeness (QED) is 0.878. The highest BCUT2D eigenvalue weighted by atomic mass is 19.1. The predicted octanol–water partition coefficient (Wildman–Crippen LogP) is 3.42. The fourth-order valence-electron chi connectivity index (χ4n) is 2.23. The molecule has 0 aromatic heterocycles. The van der Waals surface area contributed by atoms with E-state index in [1.165, 1.54) is 12.1 Å². The first kappa shape index (κ1) is 13.7. The molecule has 0 unspecified atom stereocenters. The van der Waals surface area contributed by atoms with Gasteiger partial charge < -0.3 is 5.73 Å². The largest absolute Gasteiger partial charge is 0.348 e. The van der Waals surface area contributed by atoms with Crippen LogP contribution in [0.25, 0.3) is 0 Å². The van der Waals surface area contributed by atoms with Crippen molar-refractivity contribution in [1.82, 2.24) is 0 Å². The van der Waals surface area contributed by atoms with Crippen LogP contribution in [0.3, 0.4) is 0 Å². The number of hydrogen-bond donors (Lipinski definition) is 1. The molecule has 0 heterocycles. The van der Waals surface area contributed by atoms with Crippen molar-refractivity contribution >= 4 is 0 Å². The van der Waals surface area contributed by atoms with Gasteiger partial charge in [-0.25, -0.2) is 8.78 Å². The number of hydrogen-bond acceptors (Lipinski definition) is 0. The van der Waals surface area contributed by atoms with Crippen LogP contribution in [-0.4, -0.2) is 0 Å². The SMILES string of the molecule is CC(C)c1c(F)cc([C@@H]([NH3+])c2ccccc2)cc1F. The van der Waals surface area contributed by atoms with Crippen LogP contribution in [0.5, 0.6) is 0 Å². The van der Waals surface area contributed by atoms with Crippen molar-refractivity contribution in [1.29, 1.82) is 0 Å². The van der Waals surface area contributed by atoms with Crippen LogP contribution in [0, 0.1) is 11.6 Å². The molecule has 1 nitrogen and oxygen atoms in total. The maximum Gasteiger partial charge on any atom is 0.136 e. The zero-order valence-electron chi connectivity index (χ0n) is 11.2. The van der Waals surface area contributed by atoms with Crippen molar-refractivity contribution in [2.75, 3.05) is 0 Å². The minimum Gasteiger partial charge on any atom is -0.348 e. The standard InChI is InChI=1S/C16H17F2N/c1-10(2)15-13(17)8-12(9-14(15)18)16(19)11-6-4-3-5-7-11/h3-10,16H,19H2,1-2H3/p+1/t16-/m0/s1. The molecule has 0 aliphatic carbocycles. The molecule has 0 saturated heterocycles. The predicted molar refractivity (Wildman–Crippen MR) is 71.6 cm³/mol. The first-order chi connectivity index (χ1) is 9.00. The molecule has 0 amide bonds. The molecule has 0 aliphatic heterocycles. The number of benzene rings is 2. The third kappa shape index (κ3) is 2.82. The first-order valence-electron chi connectivity index (χ1n) is 6.37. The van der Waals surface area contributed by atoms with E-state index in [4.69, 9.17) is 0 Å². The average molecular weight is 262 g/mol. The van der Waals surface area contributed by atoms with Gasteiger partial charge in [-0.1, -0.05) is 44.2 Å². The van der Waals surface area contributed by atoms with E-state index < -0.39 is 11.6 Å². The van der Waals surface area contributed by atoms with E-state index in [1.54, 1.807) is 13.8 Å². The summed E-state index contributed by atoms with van der Waals surface area (Å²) < 4.78 is 27.9. The second-order valence-corrected chi connectivity index (χ2v) is 5.02. The highest BCUT2D eigenvalue weighted by molar-refractivity contribution is 5.34. The molecular formula is C16H18F2N+. The van der Waals surface area contributed by atoms with E-state index in [-0.39, 0.29) is 17.5 Å². The fraction of sp³-hybridized carbons (Fsp3) is 0.250. The van der Waals surface area contributed by atoms with Gasteiger partial charge in [0.05, 0.1) is 0 Å². The van der Waals surface area contributed by atoms with E-state index in [0.29, 0.717) is 5.56 Å². The zero-order valence-corrected chi connectivity index (χ0v) is 11.2. The smallest absolute Gasteiger partial charge is 0.136 e. The van der Waals surface area contributed by atoms with Gasteiger partial charge in [0.2, 0.25) is 0 Å². The topological polar surface area (TPSA) is 27.6 Å². The van der Waals surface area contributed by atoms with Gasteiger partial charge in [0.1, 0.15) is 17.7 Å². The minimum atomic E-state index is -0.491. The van der Waals surface area contributed by atoms with Gasteiger partial charge in [0.25, 0.3) is 0 Å². The fourth-order valence-corrected chi connectivity index (χ4v) is 2.23. The number of halogens is 2. The molecule has 0 saturated carbocycles. The third-order valence-corrected chi connectivity index (χ3v) is 3.28. The summed E-state index contributed by atoms with van der Waals surface area (Å²) in [4.78, 5) is 0. The van der Waals surface area contributed by atoms with E-state index >= 15 is 0 Å². The van der Waals surface area contributed by atoms with E-state index in [1.807, 2.05) is 30.3 Å². The van der Waals surface area contributed by atoms with E-state index in [2.05, 4.69) is 5.73 Å². The molecule has 0 aliphatic rings. The number of quaternary nitrogens is 1. The van der Waals surface area contributed by atoms with Crippen molar-refractivity contribution < 1.29 is 14.5 Å². The van der Waals surface area contributed by atoms with Crippen LogP contribution >= 0.6 is 0 Å². The van der Waals surface area contributed by atoms with Gasteiger partial charge in [-0.05, 0) is 18.1 Å². The molecular weight excluding hydrogens is 244 g/mol. The van der Waals surface area contributed by atoms with Crippen molar-refractivity contribution in [3.8, 4) is 0 Å². The lowest BCUT2D eigenvalue weighted by Gasteiger charge is -2.14. The van der Waals surface area contributed by atoms with Gasteiger partial charge in [-0.15, -0.1) is 0 Å². The molecule has 19 heavy (non-hydrogen) atoms. The van der Waals surface area contributed by atoms with Crippen LogP contribution < -0.4 is 5.73 Å². The molecule has 0 fully saturated rings. The summed E-state index contributed by atoms with van der Waals surface area (Å²) in [7, 11) is 0. The summed E-state index contributed by atoms with van der Waals surface area (Å²) in [6.07, 6.45) is 0. The Morgan fingerprint density at radius 1 is 0.895 bits per heavy atom. The van der Waals surface area contributed by atoms with Crippen LogP contribution in [0.2, 0.25) is 0 Å². The summed E-state index contributed by atoms with van der Waals surface area (Å²) in [5.41, 5.74) is 5.65. The Bertz CT molecular complexity index is 541. The molecule has 3 heteroatoms. The van der Waals surface area contributed by atoms with Gasteiger partial charge in [0.15, 0.2) is 0 Å². The molecule has 0 radical (unpaired) electrons. The molecule has 0 bridgehead atoms. The monoisotopic (exact) mass is 262 g/mol. The third-order valence-electron chi connectivity index (χ3n) is 3.28. The summed E-state index contributed by atoms with van der Waals surface area (Å²) in [5, 5.41) is 0. The second-order valence-electron chi connectivity index (χ2n) is 5.02.